The van der Waals surface area contributed by atoms with E-state index in [4.69, 9.17) is 9.84 Å². The van der Waals surface area contributed by atoms with Crippen LogP contribution in [0.5, 0.6) is 0 Å². The van der Waals surface area contributed by atoms with Gasteiger partial charge in [-0.05, 0) is 24.6 Å². The highest BCUT2D eigenvalue weighted by atomic mass is 16.5. The molecule has 0 spiro atoms. The predicted octanol–water partition coefficient (Wildman–Crippen LogP) is 1.56. The van der Waals surface area contributed by atoms with Crippen LogP contribution >= 0.6 is 0 Å². The summed E-state index contributed by atoms with van der Waals surface area (Å²) >= 11 is 0. The number of carboxylic acids is 1. The molecule has 0 fully saturated rings. The van der Waals surface area contributed by atoms with Crippen LogP contribution in [0.1, 0.15) is 22.8 Å². The molecule has 5 heteroatoms. The molecule has 0 atom stereocenters. The number of rotatable bonds is 5. The van der Waals surface area contributed by atoms with Gasteiger partial charge in [-0.2, -0.15) is 0 Å². The van der Waals surface area contributed by atoms with Crippen LogP contribution in [0.15, 0.2) is 18.2 Å². The molecular weight excluding hydrogens is 234 g/mol. The number of carbonyl (C=O) groups is 2. The summed E-state index contributed by atoms with van der Waals surface area (Å²) in [6.45, 7) is 1.97. The number of nitrogens with zero attached hydrogens (tertiary/aromatic N) is 1. The molecule has 0 radical (unpaired) electrons. The Labute approximate surface area is 106 Å². The number of hydrogen-bond acceptors (Lipinski definition) is 4. The highest BCUT2D eigenvalue weighted by molar-refractivity contribution is 5.93. The van der Waals surface area contributed by atoms with E-state index in [1.54, 1.807) is 25.1 Å². The van der Waals surface area contributed by atoms with E-state index in [2.05, 4.69) is 0 Å². The van der Waals surface area contributed by atoms with Gasteiger partial charge in [0.25, 0.3) is 0 Å². The fraction of sp³-hybridized carbons (Fsp3) is 0.385. The van der Waals surface area contributed by atoms with E-state index in [0.29, 0.717) is 11.1 Å². The van der Waals surface area contributed by atoms with Gasteiger partial charge in [-0.15, -0.1) is 0 Å². The van der Waals surface area contributed by atoms with Crippen LogP contribution in [-0.4, -0.2) is 37.7 Å². The molecule has 98 valence electrons. The Balaban J connectivity index is 3.17. The van der Waals surface area contributed by atoms with Crippen molar-refractivity contribution in [2.24, 2.45) is 0 Å². The van der Waals surface area contributed by atoms with E-state index < -0.39 is 11.9 Å². The quantitative estimate of drug-likeness (QED) is 0.804. The third kappa shape index (κ3) is 3.48. The SMILES string of the molecule is CCOC(=O)c1cc(N(C)C)ccc1CC(=O)O. The molecule has 1 aromatic carbocycles. The summed E-state index contributed by atoms with van der Waals surface area (Å²) in [5.74, 6) is -1.46. The summed E-state index contributed by atoms with van der Waals surface area (Å²) < 4.78 is 4.93. The van der Waals surface area contributed by atoms with Gasteiger partial charge < -0.3 is 14.7 Å². The van der Waals surface area contributed by atoms with E-state index in [1.165, 1.54) is 0 Å². The zero-order valence-corrected chi connectivity index (χ0v) is 10.8. The van der Waals surface area contributed by atoms with Gasteiger partial charge in [-0.25, -0.2) is 4.79 Å². The maximum Gasteiger partial charge on any atom is 0.338 e. The molecular formula is C13H17NO4. The highest BCUT2D eigenvalue weighted by Gasteiger charge is 2.16. The standard InChI is InChI=1S/C13H17NO4/c1-4-18-13(17)11-8-10(14(2)3)6-5-9(11)7-12(15)16/h5-6,8H,4,7H2,1-3H3,(H,15,16). The average molecular weight is 251 g/mol. The lowest BCUT2D eigenvalue weighted by atomic mass is 10.0. The molecule has 0 aliphatic carbocycles. The summed E-state index contributed by atoms with van der Waals surface area (Å²) in [5.41, 5.74) is 1.60. The molecule has 1 aromatic rings. The molecule has 18 heavy (non-hydrogen) atoms. The molecule has 0 amide bonds. The Morgan fingerprint density at radius 1 is 1.33 bits per heavy atom. The first kappa shape index (κ1) is 14.0. The van der Waals surface area contributed by atoms with E-state index >= 15 is 0 Å². The first-order valence-corrected chi connectivity index (χ1v) is 5.64. The van der Waals surface area contributed by atoms with E-state index in [9.17, 15) is 9.59 Å². The van der Waals surface area contributed by atoms with Crippen LogP contribution in [-0.2, 0) is 16.0 Å². The number of benzene rings is 1. The van der Waals surface area contributed by atoms with Crippen molar-refractivity contribution in [1.29, 1.82) is 0 Å². The van der Waals surface area contributed by atoms with Gasteiger partial charge >= 0.3 is 11.9 Å². The molecule has 1 rings (SSSR count). The Morgan fingerprint density at radius 3 is 2.50 bits per heavy atom. The number of carboxylic acid groups (broad SMARTS) is 1. The lowest BCUT2D eigenvalue weighted by Gasteiger charge is -2.15. The van der Waals surface area contributed by atoms with Crippen molar-refractivity contribution in [3.63, 3.8) is 0 Å². The molecule has 0 aliphatic heterocycles. The van der Waals surface area contributed by atoms with Crippen molar-refractivity contribution in [1.82, 2.24) is 0 Å². The lowest BCUT2D eigenvalue weighted by Crippen LogP contribution is -2.14. The number of carbonyl (C=O) groups excluding carboxylic acids is 1. The minimum Gasteiger partial charge on any atom is -0.481 e. The van der Waals surface area contributed by atoms with Crippen molar-refractivity contribution in [2.45, 2.75) is 13.3 Å². The maximum absolute atomic E-state index is 11.8. The molecule has 0 aliphatic rings. The summed E-state index contributed by atoms with van der Waals surface area (Å²) in [6, 6.07) is 5.08. The van der Waals surface area contributed by atoms with Crippen molar-refractivity contribution < 1.29 is 19.4 Å². The van der Waals surface area contributed by atoms with Crippen LogP contribution in [0.25, 0.3) is 0 Å². The number of esters is 1. The van der Waals surface area contributed by atoms with Gasteiger partial charge in [-0.3, -0.25) is 4.79 Å². The van der Waals surface area contributed by atoms with Crippen LogP contribution < -0.4 is 4.90 Å². The van der Waals surface area contributed by atoms with Crippen molar-refractivity contribution in [3.8, 4) is 0 Å². The van der Waals surface area contributed by atoms with E-state index in [0.717, 1.165) is 5.69 Å². The second kappa shape index (κ2) is 6.05. The average Bonchev–Trinajstić information content (AvgIpc) is 2.28. The normalized spacial score (nSPS) is 9.94. The molecule has 5 nitrogen and oxygen atoms in total. The van der Waals surface area contributed by atoms with Crippen molar-refractivity contribution >= 4 is 17.6 Å². The summed E-state index contributed by atoms with van der Waals surface area (Å²) in [7, 11) is 3.70. The van der Waals surface area contributed by atoms with Gasteiger partial charge in [0, 0.05) is 19.8 Å². The molecule has 0 aromatic heterocycles. The number of hydrogen-bond donors (Lipinski definition) is 1. The third-order valence-corrected chi connectivity index (χ3v) is 2.45. The van der Waals surface area contributed by atoms with Gasteiger partial charge in [-0.1, -0.05) is 6.07 Å². The lowest BCUT2D eigenvalue weighted by molar-refractivity contribution is -0.136. The largest absolute Gasteiger partial charge is 0.481 e. The smallest absolute Gasteiger partial charge is 0.338 e. The first-order chi connectivity index (χ1) is 8.45. The van der Waals surface area contributed by atoms with Crippen molar-refractivity contribution in [3.05, 3.63) is 29.3 Å². The van der Waals surface area contributed by atoms with Crippen molar-refractivity contribution in [2.75, 3.05) is 25.6 Å². The third-order valence-electron chi connectivity index (χ3n) is 2.45. The fourth-order valence-corrected chi connectivity index (χ4v) is 1.56. The van der Waals surface area contributed by atoms with Gasteiger partial charge in [0.2, 0.25) is 0 Å². The number of aliphatic carboxylic acids is 1. The molecule has 0 unspecified atom stereocenters. The zero-order chi connectivity index (χ0) is 13.7. The molecule has 0 bridgehead atoms. The summed E-state index contributed by atoms with van der Waals surface area (Å²) in [6.07, 6.45) is -0.193. The monoisotopic (exact) mass is 251 g/mol. The minimum absolute atomic E-state index is 0.193. The summed E-state index contributed by atoms with van der Waals surface area (Å²) in [5, 5.41) is 8.82. The van der Waals surface area contributed by atoms with Crippen LogP contribution in [0, 0.1) is 0 Å². The summed E-state index contributed by atoms with van der Waals surface area (Å²) in [4.78, 5) is 24.4. The number of anilines is 1. The molecule has 0 saturated carbocycles. The van der Waals surface area contributed by atoms with E-state index in [-0.39, 0.29) is 13.0 Å². The van der Waals surface area contributed by atoms with Gasteiger partial charge in [0.15, 0.2) is 0 Å². The molecule has 0 heterocycles. The van der Waals surface area contributed by atoms with Crippen LogP contribution in [0.2, 0.25) is 0 Å². The first-order valence-electron chi connectivity index (χ1n) is 5.64. The Morgan fingerprint density at radius 2 is 2.00 bits per heavy atom. The minimum atomic E-state index is -0.974. The van der Waals surface area contributed by atoms with Crippen LogP contribution in [0.3, 0.4) is 0 Å². The highest BCUT2D eigenvalue weighted by Crippen LogP contribution is 2.19. The predicted molar refractivity (Wildman–Crippen MR) is 68.1 cm³/mol. The Kier molecular flexibility index (Phi) is 4.71. The zero-order valence-electron chi connectivity index (χ0n) is 10.8. The van der Waals surface area contributed by atoms with E-state index in [1.807, 2.05) is 19.0 Å². The Bertz CT molecular complexity index is 454. The van der Waals surface area contributed by atoms with Crippen LogP contribution in [0.4, 0.5) is 5.69 Å². The number of ether oxygens (including phenoxy) is 1. The topological polar surface area (TPSA) is 66.8 Å². The van der Waals surface area contributed by atoms with Gasteiger partial charge in [0.05, 0.1) is 18.6 Å². The second-order valence-corrected chi connectivity index (χ2v) is 4.03. The Hall–Kier alpha value is -2.04. The molecule has 1 N–H and O–H groups in total. The van der Waals surface area contributed by atoms with Gasteiger partial charge in [0.1, 0.15) is 0 Å². The fourth-order valence-electron chi connectivity index (χ4n) is 1.56. The second-order valence-electron chi connectivity index (χ2n) is 4.03. The maximum atomic E-state index is 11.8. The molecule has 0 saturated heterocycles.